The van der Waals surface area contributed by atoms with Crippen LogP contribution < -0.4 is 5.73 Å². The van der Waals surface area contributed by atoms with E-state index in [1.807, 2.05) is 18.2 Å². The quantitative estimate of drug-likeness (QED) is 0.623. The molecule has 8 heteroatoms. The number of rotatable bonds is 2. The van der Waals surface area contributed by atoms with Crippen LogP contribution in [0.4, 0.5) is 5.69 Å². The number of nitrogens with two attached hydrogens (primary N) is 1. The van der Waals surface area contributed by atoms with Crippen molar-refractivity contribution in [3.05, 3.63) is 50.4 Å². The van der Waals surface area contributed by atoms with Crippen molar-refractivity contribution in [3.63, 3.8) is 0 Å². The fourth-order valence-corrected chi connectivity index (χ4v) is 3.16. The third-order valence-corrected chi connectivity index (χ3v) is 4.40. The molecule has 3 rings (SSSR count). The molecule has 21 heavy (non-hydrogen) atoms. The molecule has 2 aromatic carbocycles. The summed E-state index contributed by atoms with van der Waals surface area (Å²) in [4.78, 5) is 0. The molecule has 1 heterocycles. The van der Waals surface area contributed by atoms with Gasteiger partial charge in [0.1, 0.15) is 0 Å². The molecular formula is C13H8Br2ClN5. The molecule has 0 bridgehead atoms. The summed E-state index contributed by atoms with van der Waals surface area (Å²) in [6.07, 6.45) is 0. The van der Waals surface area contributed by atoms with Gasteiger partial charge < -0.3 is 5.73 Å². The van der Waals surface area contributed by atoms with Crippen LogP contribution in [-0.2, 0) is 0 Å². The average Bonchev–Trinajstić information content (AvgIpc) is 2.90. The summed E-state index contributed by atoms with van der Waals surface area (Å²) >= 11 is 12.9. The van der Waals surface area contributed by atoms with E-state index in [9.17, 15) is 0 Å². The molecule has 0 amide bonds. The van der Waals surface area contributed by atoms with Crippen molar-refractivity contribution in [2.24, 2.45) is 0 Å². The first-order valence-electron chi connectivity index (χ1n) is 5.85. The van der Waals surface area contributed by atoms with Gasteiger partial charge in [0.2, 0.25) is 0 Å². The van der Waals surface area contributed by atoms with Gasteiger partial charge in [-0.15, -0.1) is 5.10 Å². The summed E-state index contributed by atoms with van der Waals surface area (Å²) in [5.41, 5.74) is 8.08. The molecule has 3 aromatic rings. The maximum Gasteiger partial charge on any atom is 0.188 e. The van der Waals surface area contributed by atoms with Crippen LogP contribution in [0.15, 0.2) is 45.3 Å². The number of nitrogen functional groups attached to an aromatic ring is 1. The fourth-order valence-electron chi connectivity index (χ4n) is 1.88. The molecule has 0 aliphatic carbocycles. The molecule has 2 N–H and O–H groups in total. The van der Waals surface area contributed by atoms with E-state index in [0.717, 1.165) is 20.2 Å². The Bertz CT molecular complexity index is 818. The summed E-state index contributed by atoms with van der Waals surface area (Å²) < 4.78 is 3.28. The van der Waals surface area contributed by atoms with Gasteiger partial charge in [0.05, 0.1) is 5.69 Å². The van der Waals surface area contributed by atoms with Crippen LogP contribution in [0.25, 0.3) is 17.1 Å². The van der Waals surface area contributed by atoms with Crippen LogP contribution in [0.5, 0.6) is 0 Å². The van der Waals surface area contributed by atoms with E-state index < -0.39 is 0 Å². The lowest BCUT2D eigenvalue weighted by Crippen LogP contribution is -2.01. The molecule has 0 unspecified atom stereocenters. The first kappa shape index (κ1) is 14.5. The van der Waals surface area contributed by atoms with Gasteiger partial charge in [0.25, 0.3) is 0 Å². The molecule has 0 radical (unpaired) electrons. The average molecular weight is 430 g/mol. The van der Waals surface area contributed by atoms with Crippen molar-refractivity contribution >= 4 is 49.1 Å². The summed E-state index contributed by atoms with van der Waals surface area (Å²) in [6, 6.07) is 10.9. The lowest BCUT2D eigenvalue weighted by molar-refractivity contribution is 0.789. The first-order chi connectivity index (χ1) is 10.1. The predicted octanol–water partition coefficient (Wildman–Crippen LogP) is 4.09. The molecule has 0 atom stereocenters. The molecule has 0 aliphatic heterocycles. The van der Waals surface area contributed by atoms with Gasteiger partial charge in [0.15, 0.2) is 5.82 Å². The number of tetrazole rings is 1. The molecule has 5 nitrogen and oxygen atoms in total. The number of hydrogen-bond acceptors (Lipinski definition) is 4. The van der Waals surface area contributed by atoms with E-state index in [1.54, 1.807) is 22.9 Å². The zero-order chi connectivity index (χ0) is 15.0. The highest BCUT2D eigenvalue weighted by atomic mass is 79.9. The van der Waals surface area contributed by atoms with Gasteiger partial charge in [-0.3, -0.25) is 0 Å². The number of aromatic nitrogens is 4. The Morgan fingerprint density at radius 2 is 1.86 bits per heavy atom. The second kappa shape index (κ2) is 5.75. The Morgan fingerprint density at radius 1 is 1.05 bits per heavy atom. The van der Waals surface area contributed by atoms with Crippen molar-refractivity contribution in [3.8, 4) is 17.1 Å². The van der Waals surface area contributed by atoms with Gasteiger partial charge in [-0.1, -0.05) is 27.5 Å². The summed E-state index contributed by atoms with van der Waals surface area (Å²) in [5, 5.41) is 12.5. The Morgan fingerprint density at radius 3 is 2.62 bits per heavy atom. The predicted molar refractivity (Wildman–Crippen MR) is 89.4 cm³/mol. The number of halogens is 3. The van der Waals surface area contributed by atoms with E-state index in [1.165, 1.54) is 0 Å². The first-order valence-corrected chi connectivity index (χ1v) is 7.82. The molecule has 0 saturated carbocycles. The second-order valence-electron chi connectivity index (χ2n) is 4.25. The minimum absolute atomic E-state index is 0.581. The zero-order valence-electron chi connectivity index (χ0n) is 10.5. The number of hydrogen-bond donors (Lipinski definition) is 1. The fraction of sp³-hybridized carbons (Fsp3) is 0. The molecule has 1 aromatic heterocycles. The van der Waals surface area contributed by atoms with Crippen molar-refractivity contribution in [1.29, 1.82) is 0 Å². The summed E-state index contributed by atoms with van der Waals surface area (Å²) in [5.74, 6) is 0.581. The van der Waals surface area contributed by atoms with Crippen LogP contribution in [-0.4, -0.2) is 20.2 Å². The highest BCUT2D eigenvalue weighted by Crippen LogP contribution is 2.32. The molecule has 0 fully saturated rings. The Labute approximate surface area is 142 Å². The SMILES string of the molecule is Nc1ccc(Br)c(-c2nnnn2-c2ccc(Cl)cc2Br)c1. The topological polar surface area (TPSA) is 69.6 Å². The van der Waals surface area contributed by atoms with Crippen LogP contribution in [0, 0.1) is 0 Å². The zero-order valence-corrected chi connectivity index (χ0v) is 14.4. The van der Waals surface area contributed by atoms with Crippen molar-refractivity contribution < 1.29 is 0 Å². The third-order valence-electron chi connectivity index (χ3n) is 2.84. The van der Waals surface area contributed by atoms with E-state index in [-0.39, 0.29) is 0 Å². The van der Waals surface area contributed by atoms with Gasteiger partial charge >= 0.3 is 0 Å². The van der Waals surface area contributed by atoms with E-state index in [4.69, 9.17) is 17.3 Å². The monoisotopic (exact) mass is 427 g/mol. The second-order valence-corrected chi connectivity index (χ2v) is 6.39. The maximum atomic E-state index is 5.97. The van der Waals surface area contributed by atoms with Gasteiger partial charge in [-0.05, 0) is 62.8 Å². The smallest absolute Gasteiger partial charge is 0.188 e. The minimum Gasteiger partial charge on any atom is -0.399 e. The number of benzene rings is 2. The maximum absolute atomic E-state index is 5.97. The molecule has 0 spiro atoms. The van der Waals surface area contributed by atoms with E-state index >= 15 is 0 Å². The van der Waals surface area contributed by atoms with Gasteiger partial charge in [-0.25, -0.2) is 0 Å². The van der Waals surface area contributed by atoms with Gasteiger partial charge in [0, 0.05) is 25.2 Å². The molecule has 106 valence electrons. The Balaban J connectivity index is 2.19. The van der Waals surface area contributed by atoms with E-state index in [2.05, 4.69) is 47.4 Å². The standard InChI is InChI=1S/C13H8Br2ClN5/c14-10-3-2-8(17)6-9(10)13-18-19-20-21(13)12-4-1-7(16)5-11(12)15/h1-6H,17H2. The van der Waals surface area contributed by atoms with Crippen LogP contribution in [0.2, 0.25) is 5.02 Å². The lowest BCUT2D eigenvalue weighted by Gasteiger charge is -2.09. The van der Waals surface area contributed by atoms with Crippen LogP contribution in [0.1, 0.15) is 0 Å². The third kappa shape index (κ3) is 2.81. The van der Waals surface area contributed by atoms with Crippen LogP contribution in [0.3, 0.4) is 0 Å². The molecular weight excluding hydrogens is 421 g/mol. The molecule has 0 aliphatic rings. The highest BCUT2D eigenvalue weighted by Gasteiger charge is 2.16. The number of nitrogens with zero attached hydrogens (tertiary/aromatic N) is 4. The van der Waals surface area contributed by atoms with Crippen molar-refractivity contribution in [2.45, 2.75) is 0 Å². The normalized spacial score (nSPS) is 10.8. The Kier molecular flexibility index (Phi) is 3.97. The minimum atomic E-state index is 0.581. The van der Waals surface area contributed by atoms with Gasteiger partial charge in [-0.2, -0.15) is 4.68 Å². The van der Waals surface area contributed by atoms with Crippen LogP contribution >= 0.6 is 43.5 Å². The highest BCUT2D eigenvalue weighted by molar-refractivity contribution is 9.11. The van der Waals surface area contributed by atoms with Crippen molar-refractivity contribution in [2.75, 3.05) is 5.73 Å². The van der Waals surface area contributed by atoms with Crippen molar-refractivity contribution in [1.82, 2.24) is 20.2 Å². The number of anilines is 1. The largest absolute Gasteiger partial charge is 0.399 e. The van der Waals surface area contributed by atoms with E-state index in [0.29, 0.717) is 16.5 Å². The summed E-state index contributed by atoms with van der Waals surface area (Å²) in [6.45, 7) is 0. The molecule has 0 saturated heterocycles. The lowest BCUT2D eigenvalue weighted by atomic mass is 10.2. The summed E-state index contributed by atoms with van der Waals surface area (Å²) in [7, 11) is 0. The Hall–Kier alpha value is -1.44.